The Bertz CT molecular complexity index is 693. The van der Waals surface area contributed by atoms with E-state index in [1.165, 1.54) is 0 Å². The van der Waals surface area contributed by atoms with Crippen LogP contribution in [0, 0.1) is 0 Å². The standard InChI is InChI=1S/C17H24BrN3O2Si/c1-17(2,3)24-12-23-11-21-15-10-13(18)4-5-14(15)19-16(21)20-6-8-22-9-7-20/h4-5,10H,6-9,11-12H2,1-3H3. The van der Waals surface area contributed by atoms with Crippen LogP contribution < -0.4 is 4.90 Å². The third kappa shape index (κ3) is 4.39. The predicted octanol–water partition coefficient (Wildman–Crippen LogP) is 3.49. The summed E-state index contributed by atoms with van der Waals surface area (Å²) in [6.07, 6.45) is 0.778. The summed E-state index contributed by atoms with van der Waals surface area (Å²) in [5.74, 6) is 0.977. The lowest BCUT2D eigenvalue weighted by molar-refractivity contribution is 0.108. The smallest absolute Gasteiger partial charge is 0.208 e. The van der Waals surface area contributed by atoms with Crippen molar-refractivity contribution in [2.24, 2.45) is 0 Å². The van der Waals surface area contributed by atoms with Crippen molar-refractivity contribution >= 4 is 42.4 Å². The Morgan fingerprint density at radius 2 is 2.04 bits per heavy atom. The molecule has 0 atom stereocenters. The van der Waals surface area contributed by atoms with Crippen molar-refractivity contribution in [3.05, 3.63) is 22.7 Å². The molecule has 0 bridgehead atoms. The lowest BCUT2D eigenvalue weighted by atomic mass is 10.3. The topological polar surface area (TPSA) is 39.5 Å². The number of halogens is 1. The SMILES string of the molecule is CC(C)(C)[Si]COCn1c(N2CCOCC2)nc2ccc(Br)cc21. The molecule has 130 valence electrons. The zero-order chi connectivity index (χ0) is 17.2. The van der Waals surface area contributed by atoms with Gasteiger partial charge in [-0.3, -0.25) is 4.57 Å². The molecule has 1 aromatic heterocycles. The van der Waals surface area contributed by atoms with Crippen LogP contribution >= 0.6 is 15.9 Å². The van der Waals surface area contributed by atoms with Gasteiger partial charge in [0.25, 0.3) is 0 Å². The van der Waals surface area contributed by atoms with Crippen LogP contribution in [0.25, 0.3) is 11.0 Å². The summed E-state index contributed by atoms with van der Waals surface area (Å²) in [7, 11) is 0.782. The summed E-state index contributed by atoms with van der Waals surface area (Å²) in [5, 5.41) is 0.313. The van der Waals surface area contributed by atoms with Crippen molar-refractivity contribution in [1.82, 2.24) is 9.55 Å². The minimum atomic E-state index is 0.313. The van der Waals surface area contributed by atoms with Crippen LogP contribution in [0.2, 0.25) is 5.04 Å². The van der Waals surface area contributed by atoms with Gasteiger partial charge in [0.15, 0.2) is 0 Å². The van der Waals surface area contributed by atoms with Gasteiger partial charge in [-0.15, -0.1) is 0 Å². The molecule has 1 saturated heterocycles. The van der Waals surface area contributed by atoms with Crippen LogP contribution in [-0.2, 0) is 16.2 Å². The maximum Gasteiger partial charge on any atom is 0.208 e. The molecule has 0 saturated carbocycles. The lowest BCUT2D eigenvalue weighted by Crippen LogP contribution is -2.38. The number of ether oxygens (including phenoxy) is 2. The van der Waals surface area contributed by atoms with E-state index in [2.05, 4.69) is 58.3 Å². The minimum absolute atomic E-state index is 0.313. The average molecular weight is 410 g/mol. The summed E-state index contributed by atoms with van der Waals surface area (Å²) in [6.45, 7) is 10.5. The second-order valence-corrected chi connectivity index (χ2v) is 10.0. The highest BCUT2D eigenvalue weighted by Crippen LogP contribution is 2.26. The van der Waals surface area contributed by atoms with E-state index < -0.39 is 0 Å². The van der Waals surface area contributed by atoms with Crippen LogP contribution in [-0.4, -0.2) is 51.6 Å². The average Bonchev–Trinajstić information content (AvgIpc) is 2.89. The molecule has 0 spiro atoms. The highest BCUT2D eigenvalue weighted by Gasteiger charge is 2.20. The molecule has 0 N–H and O–H groups in total. The molecular weight excluding hydrogens is 386 g/mol. The van der Waals surface area contributed by atoms with E-state index >= 15 is 0 Å². The molecule has 0 amide bonds. The molecule has 1 aliphatic heterocycles. The van der Waals surface area contributed by atoms with Crippen molar-refractivity contribution in [2.45, 2.75) is 32.5 Å². The highest BCUT2D eigenvalue weighted by molar-refractivity contribution is 9.10. The van der Waals surface area contributed by atoms with E-state index in [1.807, 2.05) is 6.07 Å². The molecule has 2 heterocycles. The zero-order valence-electron chi connectivity index (χ0n) is 14.5. The molecule has 5 nitrogen and oxygen atoms in total. The molecule has 1 aliphatic rings. The first kappa shape index (κ1) is 17.9. The van der Waals surface area contributed by atoms with Gasteiger partial charge >= 0.3 is 0 Å². The van der Waals surface area contributed by atoms with E-state index in [1.54, 1.807) is 0 Å². The molecule has 1 fully saturated rings. The molecular formula is C17H24BrN3O2Si. The molecule has 0 unspecified atom stereocenters. The fraction of sp³-hybridized carbons (Fsp3) is 0.588. The maximum absolute atomic E-state index is 6.00. The summed E-state index contributed by atoms with van der Waals surface area (Å²) in [4.78, 5) is 7.12. The minimum Gasteiger partial charge on any atom is -0.378 e. The Morgan fingerprint density at radius 1 is 1.29 bits per heavy atom. The molecule has 24 heavy (non-hydrogen) atoms. The Morgan fingerprint density at radius 3 is 2.75 bits per heavy atom. The number of fused-ring (bicyclic) bond motifs is 1. The third-order valence-electron chi connectivity index (χ3n) is 3.91. The van der Waals surface area contributed by atoms with Crippen LogP contribution in [0.1, 0.15) is 20.8 Å². The Kier molecular flexibility index (Phi) is 5.64. The van der Waals surface area contributed by atoms with Gasteiger partial charge in [0.05, 0.1) is 33.8 Å². The molecule has 3 rings (SSSR count). The lowest BCUT2D eigenvalue weighted by Gasteiger charge is -2.28. The van der Waals surface area contributed by atoms with Crippen molar-refractivity contribution in [1.29, 1.82) is 0 Å². The molecule has 1 aromatic carbocycles. The van der Waals surface area contributed by atoms with Gasteiger partial charge in [0, 0.05) is 23.8 Å². The number of aromatic nitrogens is 2. The quantitative estimate of drug-likeness (QED) is 0.559. The fourth-order valence-electron chi connectivity index (χ4n) is 2.62. The number of hydrogen-bond acceptors (Lipinski definition) is 4. The largest absolute Gasteiger partial charge is 0.378 e. The van der Waals surface area contributed by atoms with E-state index in [4.69, 9.17) is 14.5 Å². The van der Waals surface area contributed by atoms with E-state index in [0.717, 1.165) is 63.5 Å². The van der Waals surface area contributed by atoms with Crippen molar-refractivity contribution in [3.8, 4) is 0 Å². The third-order valence-corrected chi connectivity index (χ3v) is 5.81. The number of rotatable bonds is 5. The Labute approximate surface area is 154 Å². The second-order valence-electron chi connectivity index (χ2n) is 6.98. The second kappa shape index (κ2) is 7.55. The number of imidazole rings is 1. The number of morpholine rings is 1. The van der Waals surface area contributed by atoms with Crippen molar-refractivity contribution in [2.75, 3.05) is 37.4 Å². The van der Waals surface area contributed by atoms with E-state index in [-0.39, 0.29) is 0 Å². The van der Waals surface area contributed by atoms with Crippen molar-refractivity contribution in [3.63, 3.8) is 0 Å². The van der Waals surface area contributed by atoms with Gasteiger partial charge < -0.3 is 14.4 Å². The Balaban J connectivity index is 1.83. The van der Waals surface area contributed by atoms with Gasteiger partial charge in [-0.1, -0.05) is 36.7 Å². The first-order chi connectivity index (χ1) is 11.4. The number of benzene rings is 1. The molecule has 2 radical (unpaired) electrons. The normalized spacial score (nSPS) is 16.1. The monoisotopic (exact) mass is 409 g/mol. The first-order valence-corrected chi connectivity index (χ1v) is 10.3. The number of anilines is 1. The predicted molar refractivity (Wildman–Crippen MR) is 102 cm³/mol. The van der Waals surface area contributed by atoms with Crippen LogP contribution in [0.15, 0.2) is 22.7 Å². The molecule has 2 aromatic rings. The van der Waals surface area contributed by atoms with E-state index in [0.29, 0.717) is 11.8 Å². The van der Waals surface area contributed by atoms with Gasteiger partial charge in [0.1, 0.15) is 6.73 Å². The number of hydrogen-bond donors (Lipinski definition) is 0. The van der Waals surface area contributed by atoms with Gasteiger partial charge in [-0.05, 0) is 23.2 Å². The zero-order valence-corrected chi connectivity index (χ0v) is 17.1. The first-order valence-electron chi connectivity index (χ1n) is 8.25. The Hall–Kier alpha value is -0.893. The van der Waals surface area contributed by atoms with Crippen LogP contribution in [0.3, 0.4) is 0 Å². The van der Waals surface area contributed by atoms with Gasteiger partial charge in [-0.2, -0.15) is 0 Å². The number of nitrogens with zero attached hydrogens (tertiary/aromatic N) is 3. The van der Waals surface area contributed by atoms with Crippen molar-refractivity contribution < 1.29 is 9.47 Å². The summed E-state index contributed by atoms with van der Waals surface area (Å²) >= 11 is 3.57. The molecule has 0 aliphatic carbocycles. The fourth-order valence-corrected chi connectivity index (χ4v) is 3.60. The van der Waals surface area contributed by atoms with Crippen LogP contribution in [0.5, 0.6) is 0 Å². The highest BCUT2D eigenvalue weighted by atomic mass is 79.9. The summed E-state index contributed by atoms with van der Waals surface area (Å²) in [5.41, 5.74) is 2.10. The van der Waals surface area contributed by atoms with E-state index in [9.17, 15) is 0 Å². The summed E-state index contributed by atoms with van der Waals surface area (Å²) < 4.78 is 14.7. The maximum atomic E-state index is 6.00. The van der Waals surface area contributed by atoms with Gasteiger partial charge in [-0.25, -0.2) is 4.98 Å². The van der Waals surface area contributed by atoms with Crippen LogP contribution in [0.4, 0.5) is 5.95 Å². The molecule has 7 heteroatoms. The summed E-state index contributed by atoms with van der Waals surface area (Å²) in [6, 6.07) is 6.20. The van der Waals surface area contributed by atoms with Gasteiger partial charge in [0.2, 0.25) is 5.95 Å².